The first-order chi connectivity index (χ1) is 9.96. The minimum Gasteiger partial charge on any atom is -0.490 e. The lowest BCUT2D eigenvalue weighted by molar-refractivity contribution is 0.0143. The summed E-state index contributed by atoms with van der Waals surface area (Å²) in [5.74, 6) is 1.98. The number of hydrogen-bond acceptors (Lipinski definition) is 2. The van der Waals surface area contributed by atoms with Gasteiger partial charge in [-0.3, -0.25) is 0 Å². The van der Waals surface area contributed by atoms with Gasteiger partial charge in [0, 0.05) is 0 Å². The number of hydrogen-bond donors (Lipinski definition) is 1. The van der Waals surface area contributed by atoms with Crippen LogP contribution in [0.1, 0.15) is 58.4 Å². The number of aliphatic hydroxyl groups is 1. The molecule has 3 atom stereocenters. The minimum atomic E-state index is -0.184. The number of aliphatic hydroxyl groups excluding tert-OH is 1. The first-order valence-electron chi connectivity index (χ1n) is 8.42. The zero-order valence-corrected chi connectivity index (χ0v) is 13.5. The van der Waals surface area contributed by atoms with Crippen LogP contribution in [0.2, 0.25) is 0 Å². The molecule has 1 aromatic carbocycles. The molecule has 2 nitrogen and oxygen atoms in total. The Kier molecular flexibility index (Phi) is 4.00. The summed E-state index contributed by atoms with van der Waals surface area (Å²) >= 11 is 0. The van der Waals surface area contributed by atoms with Gasteiger partial charge in [0.1, 0.15) is 5.75 Å². The number of rotatable bonds is 4. The molecule has 2 aliphatic carbocycles. The van der Waals surface area contributed by atoms with Crippen LogP contribution in [-0.2, 0) is 5.41 Å². The molecule has 1 aromatic rings. The average molecular weight is 288 g/mol. The molecule has 0 bridgehead atoms. The van der Waals surface area contributed by atoms with Crippen molar-refractivity contribution in [2.24, 2.45) is 11.8 Å². The van der Waals surface area contributed by atoms with E-state index in [9.17, 15) is 5.11 Å². The summed E-state index contributed by atoms with van der Waals surface area (Å²) in [7, 11) is 0. The van der Waals surface area contributed by atoms with Gasteiger partial charge in [0.15, 0.2) is 0 Å². The lowest BCUT2D eigenvalue weighted by Crippen LogP contribution is -2.41. The molecular weight excluding hydrogens is 260 g/mol. The quantitative estimate of drug-likeness (QED) is 0.895. The molecule has 2 fully saturated rings. The summed E-state index contributed by atoms with van der Waals surface area (Å²) in [5, 5.41) is 10.5. The third-order valence-electron chi connectivity index (χ3n) is 5.41. The topological polar surface area (TPSA) is 29.5 Å². The second-order valence-electron chi connectivity index (χ2n) is 7.66. The maximum Gasteiger partial charge on any atom is 0.120 e. The van der Waals surface area contributed by atoms with Crippen molar-refractivity contribution in [3.63, 3.8) is 0 Å². The molecule has 2 heteroatoms. The largest absolute Gasteiger partial charge is 0.490 e. The molecule has 0 heterocycles. The van der Waals surface area contributed by atoms with Crippen LogP contribution < -0.4 is 4.74 Å². The van der Waals surface area contributed by atoms with E-state index in [1.54, 1.807) is 0 Å². The van der Waals surface area contributed by atoms with Gasteiger partial charge in [-0.1, -0.05) is 39.3 Å². The SMILES string of the molecule is CC1CCC(C(C)(C)c2cccc(OC3CC3)c2)C(O)C1. The van der Waals surface area contributed by atoms with Crippen LogP contribution in [0.25, 0.3) is 0 Å². The predicted octanol–water partition coefficient (Wildman–Crippen LogP) is 4.30. The minimum absolute atomic E-state index is 0.0114. The molecule has 0 spiro atoms. The van der Waals surface area contributed by atoms with E-state index in [0.29, 0.717) is 17.9 Å². The second-order valence-corrected chi connectivity index (χ2v) is 7.66. The summed E-state index contributed by atoms with van der Waals surface area (Å²) < 4.78 is 5.93. The molecule has 0 aromatic heterocycles. The van der Waals surface area contributed by atoms with Crippen molar-refractivity contribution >= 4 is 0 Å². The van der Waals surface area contributed by atoms with Crippen LogP contribution in [0.5, 0.6) is 5.75 Å². The highest BCUT2D eigenvalue weighted by Gasteiger charge is 2.39. The Morgan fingerprint density at radius 2 is 1.90 bits per heavy atom. The van der Waals surface area contributed by atoms with Gasteiger partial charge >= 0.3 is 0 Å². The molecule has 0 saturated heterocycles. The maximum atomic E-state index is 10.5. The molecule has 0 aliphatic heterocycles. The van der Waals surface area contributed by atoms with Crippen molar-refractivity contribution in [3.8, 4) is 5.75 Å². The third kappa shape index (κ3) is 3.26. The van der Waals surface area contributed by atoms with Crippen LogP contribution in [0.15, 0.2) is 24.3 Å². The van der Waals surface area contributed by atoms with Gasteiger partial charge < -0.3 is 9.84 Å². The van der Waals surface area contributed by atoms with Gasteiger partial charge in [0.05, 0.1) is 12.2 Å². The predicted molar refractivity (Wildman–Crippen MR) is 85.6 cm³/mol. The van der Waals surface area contributed by atoms with Gasteiger partial charge in [0.2, 0.25) is 0 Å². The van der Waals surface area contributed by atoms with Gasteiger partial charge in [-0.2, -0.15) is 0 Å². The zero-order valence-electron chi connectivity index (χ0n) is 13.5. The van der Waals surface area contributed by atoms with Crippen molar-refractivity contribution in [1.82, 2.24) is 0 Å². The first kappa shape index (κ1) is 14.9. The molecule has 3 unspecified atom stereocenters. The average Bonchev–Trinajstić information content (AvgIpc) is 3.22. The summed E-state index contributed by atoms with van der Waals surface area (Å²) in [5.41, 5.74) is 1.28. The van der Waals surface area contributed by atoms with E-state index in [4.69, 9.17) is 4.74 Å². The molecule has 1 N–H and O–H groups in total. The van der Waals surface area contributed by atoms with Gasteiger partial charge in [-0.05, 0) is 60.6 Å². The highest BCUT2D eigenvalue weighted by molar-refractivity contribution is 5.34. The van der Waals surface area contributed by atoms with E-state index in [-0.39, 0.29) is 11.5 Å². The summed E-state index contributed by atoms with van der Waals surface area (Å²) in [6.45, 7) is 6.79. The van der Waals surface area contributed by atoms with Crippen LogP contribution in [-0.4, -0.2) is 17.3 Å². The fourth-order valence-corrected chi connectivity index (χ4v) is 3.76. The molecule has 116 valence electrons. The van der Waals surface area contributed by atoms with E-state index in [2.05, 4.69) is 45.0 Å². The number of ether oxygens (including phenoxy) is 1. The molecule has 0 radical (unpaired) electrons. The molecule has 3 rings (SSSR count). The fraction of sp³-hybridized carbons (Fsp3) is 0.684. The monoisotopic (exact) mass is 288 g/mol. The lowest BCUT2D eigenvalue weighted by Gasteiger charge is -2.42. The molecular formula is C19H28O2. The summed E-state index contributed by atoms with van der Waals surface area (Å²) in [4.78, 5) is 0. The Morgan fingerprint density at radius 1 is 1.14 bits per heavy atom. The smallest absolute Gasteiger partial charge is 0.120 e. The Morgan fingerprint density at radius 3 is 2.57 bits per heavy atom. The van der Waals surface area contributed by atoms with E-state index in [1.165, 1.54) is 24.8 Å². The van der Waals surface area contributed by atoms with E-state index in [1.807, 2.05) is 0 Å². The molecule has 21 heavy (non-hydrogen) atoms. The van der Waals surface area contributed by atoms with Crippen molar-refractivity contribution in [2.75, 3.05) is 0 Å². The van der Waals surface area contributed by atoms with Crippen molar-refractivity contribution in [3.05, 3.63) is 29.8 Å². The summed E-state index contributed by atoms with van der Waals surface area (Å²) in [6.07, 6.45) is 5.90. The molecule has 0 amide bonds. The van der Waals surface area contributed by atoms with E-state index < -0.39 is 0 Å². The Labute approximate surface area is 128 Å². The van der Waals surface area contributed by atoms with Gasteiger partial charge in [-0.15, -0.1) is 0 Å². The van der Waals surface area contributed by atoms with Crippen molar-refractivity contribution < 1.29 is 9.84 Å². The Balaban J connectivity index is 1.79. The zero-order chi connectivity index (χ0) is 15.0. The van der Waals surface area contributed by atoms with Crippen LogP contribution in [0.4, 0.5) is 0 Å². The molecule has 2 aliphatic rings. The lowest BCUT2D eigenvalue weighted by atomic mass is 9.64. The molecule has 2 saturated carbocycles. The van der Waals surface area contributed by atoms with Crippen LogP contribution in [0.3, 0.4) is 0 Å². The van der Waals surface area contributed by atoms with Crippen LogP contribution >= 0.6 is 0 Å². The normalized spacial score (nSPS) is 30.2. The highest BCUT2D eigenvalue weighted by atomic mass is 16.5. The standard InChI is InChI=1S/C19H28O2/c1-13-7-10-17(18(20)11-13)19(2,3)14-5-4-6-16(12-14)21-15-8-9-15/h4-6,12-13,15,17-18,20H,7-11H2,1-3H3. The van der Waals surface area contributed by atoms with Crippen molar-refractivity contribution in [1.29, 1.82) is 0 Å². The van der Waals surface area contributed by atoms with Gasteiger partial charge in [-0.25, -0.2) is 0 Å². The van der Waals surface area contributed by atoms with Crippen LogP contribution in [0, 0.1) is 11.8 Å². The summed E-state index contributed by atoms with van der Waals surface area (Å²) in [6, 6.07) is 8.51. The highest BCUT2D eigenvalue weighted by Crippen LogP contribution is 2.43. The Bertz CT molecular complexity index is 490. The number of benzene rings is 1. The third-order valence-corrected chi connectivity index (χ3v) is 5.41. The van der Waals surface area contributed by atoms with E-state index in [0.717, 1.165) is 18.6 Å². The maximum absolute atomic E-state index is 10.5. The second kappa shape index (κ2) is 5.64. The Hall–Kier alpha value is -1.02. The first-order valence-corrected chi connectivity index (χ1v) is 8.42. The van der Waals surface area contributed by atoms with Crippen molar-refractivity contribution in [2.45, 2.75) is 70.5 Å². The fourth-order valence-electron chi connectivity index (χ4n) is 3.76. The van der Waals surface area contributed by atoms with Gasteiger partial charge in [0.25, 0.3) is 0 Å². The van der Waals surface area contributed by atoms with E-state index >= 15 is 0 Å².